The second-order valence-electron chi connectivity index (χ2n) is 6.47. The van der Waals surface area contributed by atoms with E-state index in [1.54, 1.807) is 12.1 Å². The number of nitrogens with zero attached hydrogens (tertiary/aromatic N) is 3. The van der Waals surface area contributed by atoms with E-state index in [1.165, 1.54) is 12.1 Å². The quantitative estimate of drug-likeness (QED) is 0.444. The molecule has 0 amide bonds. The van der Waals surface area contributed by atoms with Crippen molar-refractivity contribution in [1.82, 2.24) is 20.2 Å². The van der Waals surface area contributed by atoms with Gasteiger partial charge in [-0.05, 0) is 42.7 Å². The van der Waals surface area contributed by atoms with E-state index in [-0.39, 0.29) is 5.82 Å². The lowest BCUT2D eigenvalue weighted by atomic mass is 10.1. The third-order valence-corrected chi connectivity index (χ3v) is 4.47. The van der Waals surface area contributed by atoms with Gasteiger partial charge in [-0.2, -0.15) is 10.1 Å². The predicted octanol–water partition coefficient (Wildman–Crippen LogP) is 4.45. The Morgan fingerprint density at radius 3 is 2.64 bits per heavy atom. The number of hydrogen-bond acceptors (Lipinski definition) is 5. The van der Waals surface area contributed by atoms with Crippen molar-refractivity contribution in [2.24, 2.45) is 0 Å². The third kappa shape index (κ3) is 4.09. The summed E-state index contributed by atoms with van der Waals surface area (Å²) in [5.74, 6) is 1.73. The van der Waals surface area contributed by atoms with Crippen LogP contribution in [0, 0.1) is 5.82 Å². The summed E-state index contributed by atoms with van der Waals surface area (Å²) in [6.45, 7) is 2.71. The van der Waals surface area contributed by atoms with Gasteiger partial charge in [0.25, 0.3) is 0 Å². The molecule has 0 spiro atoms. The van der Waals surface area contributed by atoms with Gasteiger partial charge >= 0.3 is 0 Å². The Labute approximate surface area is 162 Å². The molecule has 0 radical (unpaired) electrons. The number of anilines is 3. The van der Waals surface area contributed by atoms with Gasteiger partial charge in [0.1, 0.15) is 11.6 Å². The fourth-order valence-electron chi connectivity index (χ4n) is 2.95. The molecule has 0 aliphatic rings. The molecule has 7 heteroatoms. The molecular formula is C21H21FN6. The smallest absolute Gasteiger partial charge is 0.225 e. The van der Waals surface area contributed by atoms with Gasteiger partial charge in [-0.1, -0.05) is 31.2 Å². The lowest BCUT2D eigenvalue weighted by molar-refractivity contribution is 0.627. The van der Waals surface area contributed by atoms with E-state index < -0.39 is 0 Å². The van der Waals surface area contributed by atoms with Crippen LogP contribution in [0.4, 0.5) is 22.0 Å². The molecule has 6 nitrogen and oxygen atoms in total. The van der Waals surface area contributed by atoms with E-state index in [4.69, 9.17) is 0 Å². The molecule has 0 aliphatic carbocycles. The topological polar surface area (TPSA) is 78.5 Å². The zero-order valence-electron chi connectivity index (χ0n) is 15.5. The van der Waals surface area contributed by atoms with Crippen LogP contribution in [0.5, 0.6) is 0 Å². The molecule has 3 N–H and O–H groups in total. The third-order valence-electron chi connectivity index (χ3n) is 4.47. The maximum Gasteiger partial charge on any atom is 0.225 e. The first-order chi connectivity index (χ1) is 13.7. The molecule has 4 aromatic rings. The van der Waals surface area contributed by atoms with Gasteiger partial charge in [0, 0.05) is 23.7 Å². The monoisotopic (exact) mass is 376 g/mol. The van der Waals surface area contributed by atoms with E-state index in [0.717, 1.165) is 40.8 Å². The van der Waals surface area contributed by atoms with Crippen molar-refractivity contribution in [2.45, 2.75) is 19.8 Å². The van der Waals surface area contributed by atoms with Crippen molar-refractivity contribution in [1.29, 1.82) is 0 Å². The predicted molar refractivity (Wildman–Crippen MR) is 109 cm³/mol. The molecule has 0 bridgehead atoms. The summed E-state index contributed by atoms with van der Waals surface area (Å²) in [6.07, 6.45) is 1.63. The second-order valence-corrected chi connectivity index (χ2v) is 6.47. The van der Waals surface area contributed by atoms with Gasteiger partial charge < -0.3 is 10.6 Å². The highest BCUT2D eigenvalue weighted by atomic mass is 19.1. The van der Waals surface area contributed by atoms with E-state index in [2.05, 4.69) is 37.7 Å². The molecular weight excluding hydrogens is 355 g/mol. The number of aromatic amines is 1. The summed E-state index contributed by atoms with van der Waals surface area (Å²) >= 11 is 0. The number of halogens is 1. The minimum absolute atomic E-state index is 0.227. The lowest BCUT2D eigenvalue weighted by Crippen LogP contribution is -2.09. The van der Waals surface area contributed by atoms with Crippen molar-refractivity contribution in [3.05, 3.63) is 71.7 Å². The molecule has 4 rings (SSSR count). The average Bonchev–Trinajstić information content (AvgIpc) is 3.17. The van der Waals surface area contributed by atoms with E-state index in [0.29, 0.717) is 18.3 Å². The van der Waals surface area contributed by atoms with Gasteiger partial charge in [0.2, 0.25) is 5.95 Å². The molecule has 2 aromatic heterocycles. The zero-order chi connectivity index (χ0) is 19.3. The number of fused-ring (bicyclic) bond motifs is 1. The first kappa shape index (κ1) is 17.9. The Balaban J connectivity index is 1.54. The van der Waals surface area contributed by atoms with Crippen molar-refractivity contribution < 1.29 is 4.39 Å². The van der Waals surface area contributed by atoms with Crippen molar-refractivity contribution in [2.75, 3.05) is 17.2 Å². The highest BCUT2D eigenvalue weighted by Gasteiger charge is 2.09. The fraction of sp³-hybridized carbons (Fsp3) is 0.190. The molecule has 2 heterocycles. The van der Waals surface area contributed by atoms with Crippen LogP contribution in [0.2, 0.25) is 0 Å². The zero-order valence-corrected chi connectivity index (χ0v) is 15.5. The second kappa shape index (κ2) is 8.04. The first-order valence-electron chi connectivity index (χ1n) is 9.27. The largest absolute Gasteiger partial charge is 0.354 e. The summed E-state index contributed by atoms with van der Waals surface area (Å²) in [5, 5.41) is 14.7. The van der Waals surface area contributed by atoms with Gasteiger partial charge in [0.05, 0.1) is 5.52 Å². The van der Waals surface area contributed by atoms with E-state index in [9.17, 15) is 4.39 Å². The summed E-state index contributed by atoms with van der Waals surface area (Å²) in [6, 6.07) is 16.3. The number of aryl methyl sites for hydroxylation is 1. The minimum atomic E-state index is -0.227. The fourth-order valence-corrected chi connectivity index (χ4v) is 2.95. The summed E-state index contributed by atoms with van der Waals surface area (Å²) in [7, 11) is 0. The normalized spacial score (nSPS) is 10.9. The van der Waals surface area contributed by atoms with Gasteiger partial charge in [-0.25, -0.2) is 9.37 Å². The Morgan fingerprint density at radius 2 is 1.86 bits per heavy atom. The van der Waals surface area contributed by atoms with Crippen LogP contribution in [0.25, 0.3) is 10.9 Å². The number of nitrogens with one attached hydrogen (secondary N) is 3. The first-order valence-corrected chi connectivity index (χ1v) is 9.27. The summed E-state index contributed by atoms with van der Waals surface area (Å²) < 4.78 is 13.0. The highest BCUT2D eigenvalue weighted by molar-refractivity contribution is 5.91. The molecule has 0 unspecified atom stereocenters. The number of rotatable bonds is 7. The van der Waals surface area contributed by atoms with E-state index >= 15 is 0 Å². The van der Waals surface area contributed by atoms with Crippen molar-refractivity contribution >= 4 is 28.5 Å². The Bertz CT molecular complexity index is 1070. The number of H-pyrrole nitrogens is 1. The summed E-state index contributed by atoms with van der Waals surface area (Å²) in [4.78, 5) is 9.22. The van der Waals surface area contributed by atoms with Gasteiger partial charge in [-0.15, -0.1) is 0 Å². The van der Waals surface area contributed by atoms with Gasteiger partial charge in [0.15, 0.2) is 5.82 Å². The number of benzene rings is 2. The standard InChI is InChI=1S/C21H21FN6/c1-2-16-13-19(28-27-16)25-20-17-5-3-4-6-18(17)24-21(26-20)23-12-11-14-7-9-15(22)10-8-14/h3-10,13H,2,11-12H2,1H3,(H3,23,24,25,26,27,28). The molecule has 0 atom stereocenters. The number of aromatic nitrogens is 4. The number of para-hydroxylation sites is 1. The molecule has 0 fully saturated rings. The Hall–Kier alpha value is -3.48. The molecule has 0 saturated carbocycles. The van der Waals surface area contributed by atoms with Crippen LogP contribution < -0.4 is 10.6 Å². The van der Waals surface area contributed by atoms with Crippen LogP contribution in [-0.4, -0.2) is 26.7 Å². The molecule has 0 saturated heterocycles. The molecule has 0 aliphatic heterocycles. The van der Waals surface area contributed by atoms with Crippen LogP contribution in [0.15, 0.2) is 54.6 Å². The minimum Gasteiger partial charge on any atom is -0.354 e. The average molecular weight is 376 g/mol. The Kier molecular flexibility index (Phi) is 5.14. The van der Waals surface area contributed by atoms with Gasteiger partial charge in [-0.3, -0.25) is 5.10 Å². The van der Waals surface area contributed by atoms with Crippen LogP contribution in [-0.2, 0) is 12.8 Å². The number of hydrogen-bond donors (Lipinski definition) is 3. The lowest BCUT2D eigenvalue weighted by Gasteiger charge is -2.10. The van der Waals surface area contributed by atoms with Crippen LogP contribution in [0.3, 0.4) is 0 Å². The Morgan fingerprint density at radius 1 is 1.04 bits per heavy atom. The van der Waals surface area contributed by atoms with E-state index in [1.807, 2.05) is 30.3 Å². The van der Waals surface area contributed by atoms with Crippen molar-refractivity contribution in [3.63, 3.8) is 0 Å². The SMILES string of the molecule is CCc1cc(Nc2nc(NCCc3ccc(F)cc3)nc3ccccc23)n[nH]1. The molecule has 28 heavy (non-hydrogen) atoms. The highest BCUT2D eigenvalue weighted by Crippen LogP contribution is 2.24. The molecule has 2 aromatic carbocycles. The maximum absolute atomic E-state index is 13.0. The summed E-state index contributed by atoms with van der Waals surface area (Å²) in [5.41, 5.74) is 2.95. The molecule has 142 valence electrons. The van der Waals surface area contributed by atoms with Crippen molar-refractivity contribution in [3.8, 4) is 0 Å². The van der Waals surface area contributed by atoms with Crippen LogP contribution >= 0.6 is 0 Å². The maximum atomic E-state index is 13.0. The van der Waals surface area contributed by atoms with Crippen LogP contribution in [0.1, 0.15) is 18.2 Å².